The van der Waals surface area contributed by atoms with Gasteiger partial charge in [0.1, 0.15) is 0 Å². The van der Waals surface area contributed by atoms with Gasteiger partial charge in [0.25, 0.3) is 0 Å². The summed E-state index contributed by atoms with van der Waals surface area (Å²) in [5.41, 5.74) is 3.95. The maximum atomic E-state index is 4.96. The molecule has 126 valence electrons. The molecule has 3 rings (SSSR count). The summed E-state index contributed by atoms with van der Waals surface area (Å²) in [6.07, 6.45) is 10.8. The molecule has 0 amide bonds. The van der Waals surface area contributed by atoms with E-state index in [1.807, 2.05) is 0 Å². The largest absolute Gasteiger partial charge is 0.291 e. The molecule has 0 bridgehead atoms. The number of hydrogen-bond donors (Lipinski definition) is 0. The smallest absolute Gasteiger partial charge is 0.0646 e. The van der Waals surface area contributed by atoms with E-state index in [4.69, 9.17) is 5.10 Å². The van der Waals surface area contributed by atoms with Gasteiger partial charge in [-0.1, -0.05) is 43.5 Å². The second kappa shape index (κ2) is 7.51. The number of benzene rings is 1. The van der Waals surface area contributed by atoms with Crippen molar-refractivity contribution in [2.75, 3.05) is 0 Å². The van der Waals surface area contributed by atoms with Crippen LogP contribution in [-0.2, 0) is 0 Å². The molecular formula is C21H32N2. The van der Waals surface area contributed by atoms with E-state index in [-0.39, 0.29) is 0 Å². The highest BCUT2D eigenvalue weighted by atomic mass is 15.5. The van der Waals surface area contributed by atoms with Crippen LogP contribution in [-0.4, -0.2) is 22.8 Å². The standard InChI is InChI=1S/C21H32N2/c1-16-8-7-9-17(2)23(16)22-18(3)19-12-14-21(15-13-19)20-10-5-4-6-11-20/h12-17,20H,4-11H2,1-3H3. The third-order valence-corrected chi connectivity index (χ3v) is 5.82. The monoisotopic (exact) mass is 312 g/mol. The Kier molecular flexibility index (Phi) is 5.40. The first-order chi connectivity index (χ1) is 11.1. The molecule has 0 radical (unpaired) electrons. The minimum atomic E-state index is 0.565. The van der Waals surface area contributed by atoms with Crippen molar-refractivity contribution in [3.8, 4) is 0 Å². The Morgan fingerprint density at radius 1 is 0.870 bits per heavy atom. The molecule has 1 aromatic carbocycles. The maximum absolute atomic E-state index is 4.96. The third kappa shape index (κ3) is 3.97. The normalized spacial score (nSPS) is 27.3. The first-order valence-electron chi connectivity index (χ1n) is 9.59. The van der Waals surface area contributed by atoms with E-state index in [2.05, 4.69) is 50.0 Å². The molecule has 2 nitrogen and oxygen atoms in total. The van der Waals surface area contributed by atoms with E-state index in [1.54, 1.807) is 0 Å². The zero-order valence-corrected chi connectivity index (χ0v) is 15.1. The van der Waals surface area contributed by atoms with Gasteiger partial charge in [-0.05, 0) is 69.9 Å². The van der Waals surface area contributed by atoms with Crippen LogP contribution in [0.4, 0.5) is 0 Å². The third-order valence-electron chi connectivity index (χ3n) is 5.82. The van der Waals surface area contributed by atoms with Gasteiger partial charge in [-0.2, -0.15) is 5.10 Å². The summed E-state index contributed by atoms with van der Waals surface area (Å²) in [5.74, 6) is 0.789. The molecule has 2 heteroatoms. The number of piperidine rings is 1. The van der Waals surface area contributed by atoms with Crippen LogP contribution < -0.4 is 0 Å². The predicted molar refractivity (Wildman–Crippen MR) is 99.1 cm³/mol. The minimum Gasteiger partial charge on any atom is -0.291 e. The molecule has 1 saturated heterocycles. The lowest BCUT2D eigenvalue weighted by Gasteiger charge is -2.37. The van der Waals surface area contributed by atoms with E-state index in [9.17, 15) is 0 Å². The van der Waals surface area contributed by atoms with E-state index in [0.717, 1.165) is 11.6 Å². The van der Waals surface area contributed by atoms with Crippen molar-refractivity contribution in [3.63, 3.8) is 0 Å². The van der Waals surface area contributed by atoms with Crippen molar-refractivity contribution >= 4 is 5.71 Å². The van der Waals surface area contributed by atoms with E-state index < -0.39 is 0 Å². The molecular weight excluding hydrogens is 280 g/mol. The van der Waals surface area contributed by atoms with Gasteiger partial charge in [-0.25, -0.2) is 0 Å². The molecule has 1 aliphatic heterocycles. The summed E-state index contributed by atoms with van der Waals surface area (Å²) in [7, 11) is 0. The Morgan fingerprint density at radius 3 is 2.09 bits per heavy atom. The molecule has 1 aromatic rings. The van der Waals surface area contributed by atoms with Gasteiger partial charge in [-0.15, -0.1) is 0 Å². The van der Waals surface area contributed by atoms with Gasteiger partial charge in [0, 0.05) is 12.1 Å². The molecule has 2 aliphatic rings. The Labute approximate surface area is 142 Å². The fourth-order valence-electron chi connectivity index (χ4n) is 4.27. The molecule has 1 aliphatic carbocycles. The Balaban J connectivity index is 1.71. The Bertz CT molecular complexity index is 515. The van der Waals surface area contributed by atoms with Gasteiger partial charge in [0.2, 0.25) is 0 Å². The summed E-state index contributed by atoms with van der Waals surface area (Å²) in [4.78, 5) is 0. The van der Waals surface area contributed by atoms with E-state index in [0.29, 0.717) is 12.1 Å². The quantitative estimate of drug-likeness (QED) is 0.652. The van der Waals surface area contributed by atoms with Gasteiger partial charge in [-0.3, -0.25) is 5.01 Å². The van der Waals surface area contributed by atoms with Crippen LogP contribution in [0, 0.1) is 0 Å². The SMILES string of the molecule is CC(=NN1C(C)CCCC1C)c1ccc(C2CCCCC2)cc1. The van der Waals surface area contributed by atoms with Crippen LogP contribution in [0.15, 0.2) is 29.4 Å². The van der Waals surface area contributed by atoms with Gasteiger partial charge in [0.15, 0.2) is 0 Å². The molecule has 23 heavy (non-hydrogen) atoms. The van der Waals surface area contributed by atoms with Crippen LogP contribution >= 0.6 is 0 Å². The van der Waals surface area contributed by atoms with Crippen molar-refractivity contribution in [1.29, 1.82) is 0 Å². The molecule has 0 N–H and O–H groups in total. The van der Waals surface area contributed by atoms with Crippen molar-refractivity contribution in [2.45, 2.75) is 90.1 Å². The summed E-state index contributed by atoms with van der Waals surface area (Å²) in [6.45, 7) is 6.76. The van der Waals surface area contributed by atoms with Gasteiger partial charge < -0.3 is 0 Å². The first kappa shape index (κ1) is 16.5. The Hall–Kier alpha value is -1.31. The number of nitrogens with zero attached hydrogens (tertiary/aromatic N) is 2. The molecule has 2 unspecified atom stereocenters. The molecule has 1 saturated carbocycles. The summed E-state index contributed by atoms with van der Waals surface area (Å²) >= 11 is 0. The summed E-state index contributed by atoms with van der Waals surface area (Å²) in [5, 5.41) is 7.29. The fraction of sp³-hybridized carbons (Fsp3) is 0.667. The average molecular weight is 313 g/mol. The molecule has 2 fully saturated rings. The predicted octanol–water partition coefficient (Wildman–Crippen LogP) is 5.72. The van der Waals surface area contributed by atoms with Crippen LogP contribution in [0.3, 0.4) is 0 Å². The highest BCUT2D eigenvalue weighted by molar-refractivity contribution is 5.98. The summed E-state index contributed by atoms with van der Waals surface area (Å²) < 4.78 is 0. The summed E-state index contributed by atoms with van der Waals surface area (Å²) in [6, 6.07) is 10.4. The Morgan fingerprint density at radius 2 is 1.48 bits per heavy atom. The van der Waals surface area contributed by atoms with E-state index >= 15 is 0 Å². The topological polar surface area (TPSA) is 15.6 Å². The number of rotatable bonds is 3. The van der Waals surface area contributed by atoms with E-state index in [1.165, 1.54) is 62.5 Å². The second-order valence-electron chi connectivity index (χ2n) is 7.65. The van der Waals surface area contributed by atoms with Crippen LogP contribution in [0.2, 0.25) is 0 Å². The lowest BCUT2D eigenvalue weighted by molar-refractivity contribution is 0.108. The van der Waals surface area contributed by atoms with Gasteiger partial charge in [0.05, 0.1) is 5.71 Å². The maximum Gasteiger partial charge on any atom is 0.0646 e. The number of hydrazone groups is 1. The van der Waals surface area contributed by atoms with Gasteiger partial charge >= 0.3 is 0 Å². The lowest BCUT2D eigenvalue weighted by Crippen LogP contribution is -2.40. The van der Waals surface area contributed by atoms with Crippen molar-refractivity contribution < 1.29 is 0 Å². The zero-order chi connectivity index (χ0) is 16.2. The second-order valence-corrected chi connectivity index (χ2v) is 7.65. The van der Waals surface area contributed by atoms with Crippen molar-refractivity contribution in [2.24, 2.45) is 5.10 Å². The molecule has 1 heterocycles. The molecule has 0 aromatic heterocycles. The zero-order valence-electron chi connectivity index (χ0n) is 15.1. The molecule has 0 spiro atoms. The van der Waals surface area contributed by atoms with Crippen molar-refractivity contribution in [1.82, 2.24) is 5.01 Å². The lowest BCUT2D eigenvalue weighted by atomic mass is 9.84. The highest BCUT2D eigenvalue weighted by Crippen LogP contribution is 2.32. The average Bonchev–Trinajstić information content (AvgIpc) is 2.59. The van der Waals surface area contributed by atoms with Crippen LogP contribution in [0.5, 0.6) is 0 Å². The minimum absolute atomic E-state index is 0.565. The first-order valence-corrected chi connectivity index (χ1v) is 9.59. The molecule has 2 atom stereocenters. The van der Waals surface area contributed by atoms with Crippen molar-refractivity contribution in [3.05, 3.63) is 35.4 Å². The van der Waals surface area contributed by atoms with Crippen LogP contribution in [0.25, 0.3) is 0 Å². The highest BCUT2D eigenvalue weighted by Gasteiger charge is 2.23. The number of hydrogen-bond acceptors (Lipinski definition) is 2. The fourth-order valence-corrected chi connectivity index (χ4v) is 4.27. The van der Waals surface area contributed by atoms with Crippen LogP contribution in [0.1, 0.15) is 89.2 Å².